The number of nitrogens with zero attached hydrogens (tertiary/aromatic N) is 1. The van der Waals surface area contributed by atoms with Gasteiger partial charge in [-0.25, -0.2) is 0 Å². The molecule has 0 spiro atoms. The maximum atomic E-state index is 11.4. The van der Waals surface area contributed by atoms with Crippen molar-refractivity contribution in [3.8, 4) is 0 Å². The average molecular weight is 301 g/mol. The second-order valence-corrected chi connectivity index (χ2v) is 7.57. The van der Waals surface area contributed by atoms with E-state index in [2.05, 4.69) is 0 Å². The number of benzene rings is 1. The van der Waals surface area contributed by atoms with Crippen LogP contribution >= 0.6 is 11.6 Å². The van der Waals surface area contributed by atoms with Gasteiger partial charge in [0.05, 0.1) is 6.61 Å². The van der Waals surface area contributed by atoms with Gasteiger partial charge < -0.3 is 9.67 Å². The number of fused-ring (bicyclic) bond motifs is 1. The molecule has 0 aliphatic carbocycles. The summed E-state index contributed by atoms with van der Waals surface area (Å²) in [7, 11) is -2.45. The Labute approximate surface area is 118 Å². The second-order valence-electron chi connectivity index (χ2n) is 4.71. The quantitative estimate of drug-likeness (QED) is 0.891. The smallest absolute Gasteiger partial charge is 0.0833 e. The monoisotopic (exact) mass is 300 g/mol. The van der Waals surface area contributed by atoms with Crippen LogP contribution in [0.4, 0.5) is 0 Å². The number of aryl methyl sites for hydroxylation is 1. The Morgan fingerprint density at radius 2 is 2.16 bits per heavy atom. The van der Waals surface area contributed by atoms with Gasteiger partial charge in [-0.1, -0.05) is 11.6 Å². The van der Waals surface area contributed by atoms with Crippen molar-refractivity contribution in [2.45, 2.75) is 19.6 Å². The van der Waals surface area contributed by atoms with Crippen molar-refractivity contribution >= 4 is 32.2 Å². The number of rotatable bonds is 5. The number of aromatic nitrogens is 1. The Bertz CT molecular complexity index is 692. The van der Waals surface area contributed by atoms with Gasteiger partial charge in [0.1, 0.15) is 0 Å². The molecule has 1 aromatic heterocycles. The molecule has 0 unspecified atom stereocenters. The molecule has 104 valence electrons. The van der Waals surface area contributed by atoms with Crippen molar-refractivity contribution in [1.82, 2.24) is 4.57 Å². The minimum Gasteiger partial charge on any atom is -0.390 e. The predicted octanol–water partition coefficient (Wildman–Crippen LogP) is 2.85. The van der Waals surface area contributed by atoms with E-state index >= 15 is 0 Å². The molecule has 4 nitrogen and oxygen atoms in total. The lowest BCUT2D eigenvalue weighted by Crippen LogP contribution is -2.08. The fourth-order valence-electron chi connectivity index (χ4n) is 2.19. The molecular weight excluding hydrogens is 284 g/mol. The number of hydrogen-bond donors (Lipinski definition) is 2. The molecule has 1 aromatic carbocycles. The lowest BCUT2D eigenvalue weighted by atomic mass is 10.2. The van der Waals surface area contributed by atoms with E-state index in [0.717, 1.165) is 16.6 Å². The highest BCUT2D eigenvalue weighted by Crippen LogP contribution is 2.24. The second kappa shape index (κ2) is 5.53. The highest BCUT2D eigenvalue weighted by Gasteiger charge is 2.09. The van der Waals surface area contributed by atoms with Crippen LogP contribution < -0.4 is 0 Å². The van der Waals surface area contributed by atoms with Crippen LogP contribution in [0.15, 0.2) is 24.3 Å². The van der Waals surface area contributed by atoms with Crippen LogP contribution in [0, 0.1) is 4.78 Å². The number of halogens is 1. The molecule has 0 bridgehead atoms. The van der Waals surface area contributed by atoms with Crippen molar-refractivity contribution < 1.29 is 9.32 Å². The van der Waals surface area contributed by atoms with Crippen LogP contribution in [-0.4, -0.2) is 25.9 Å². The van der Waals surface area contributed by atoms with Gasteiger partial charge in [0.15, 0.2) is 0 Å². The van der Waals surface area contributed by atoms with E-state index in [4.69, 9.17) is 16.4 Å². The molecule has 19 heavy (non-hydrogen) atoms. The molecular formula is C13H17ClN2O2S. The minimum atomic E-state index is -2.45. The molecule has 0 radical (unpaired) electrons. The Balaban J connectivity index is 2.30. The first-order valence-corrected chi connectivity index (χ1v) is 8.52. The van der Waals surface area contributed by atoms with E-state index in [1.54, 1.807) is 0 Å². The molecule has 1 heterocycles. The Hall–Kier alpha value is -1.04. The summed E-state index contributed by atoms with van der Waals surface area (Å²) in [6.07, 6.45) is 2.10. The lowest BCUT2D eigenvalue weighted by Gasteiger charge is -2.09. The number of hydrogen-bond acceptors (Lipinski definition) is 3. The maximum Gasteiger partial charge on any atom is 0.0833 e. The average Bonchev–Trinajstić information content (AvgIpc) is 2.65. The first kappa shape index (κ1) is 14.4. The van der Waals surface area contributed by atoms with Crippen LogP contribution in [0.25, 0.3) is 10.9 Å². The molecule has 0 aliphatic heterocycles. The number of nitrogens with one attached hydrogen (secondary N) is 1. The molecule has 2 aromatic rings. The predicted molar refractivity (Wildman–Crippen MR) is 79.1 cm³/mol. The molecule has 2 rings (SSSR count). The van der Waals surface area contributed by atoms with E-state index in [-0.39, 0.29) is 6.61 Å². The standard InChI is InChI=1S/C13H17ClN2O2S/c1-19(15,18)6-2-5-16-12(9-17)8-10-7-11(14)3-4-13(10)16/h3-4,7-8,15,17H,2,5-6,9H2,1H3/t19-/m1/s1. The first-order chi connectivity index (χ1) is 8.90. The fraction of sp³-hybridized carbons (Fsp3) is 0.385. The summed E-state index contributed by atoms with van der Waals surface area (Å²) in [6.45, 7) is 0.597. The van der Waals surface area contributed by atoms with E-state index in [1.165, 1.54) is 6.26 Å². The summed E-state index contributed by atoms with van der Waals surface area (Å²) in [5.41, 5.74) is 1.81. The summed E-state index contributed by atoms with van der Waals surface area (Å²) in [4.78, 5) is 0. The largest absolute Gasteiger partial charge is 0.390 e. The normalized spacial score (nSPS) is 14.7. The van der Waals surface area contributed by atoms with Crippen LogP contribution in [-0.2, 0) is 22.9 Å². The van der Waals surface area contributed by atoms with Gasteiger partial charge in [-0.2, -0.15) is 0 Å². The van der Waals surface area contributed by atoms with Crippen LogP contribution in [0.3, 0.4) is 0 Å². The topological polar surface area (TPSA) is 66.1 Å². The molecule has 0 aliphatic rings. The minimum absolute atomic E-state index is 0.0470. The van der Waals surface area contributed by atoms with Crippen LogP contribution in [0.1, 0.15) is 12.1 Å². The zero-order valence-electron chi connectivity index (χ0n) is 10.7. The maximum absolute atomic E-state index is 11.4. The molecule has 0 fully saturated rings. The van der Waals surface area contributed by atoms with Gasteiger partial charge in [-0.15, -0.1) is 0 Å². The van der Waals surface area contributed by atoms with E-state index in [0.29, 0.717) is 23.7 Å². The molecule has 0 saturated heterocycles. The first-order valence-electron chi connectivity index (χ1n) is 6.01. The van der Waals surface area contributed by atoms with E-state index < -0.39 is 9.73 Å². The van der Waals surface area contributed by atoms with Crippen molar-refractivity contribution in [2.75, 3.05) is 12.0 Å². The highest BCUT2D eigenvalue weighted by molar-refractivity contribution is 7.91. The number of aliphatic hydroxyl groups excluding tert-OH is 1. The third-order valence-corrected chi connectivity index (χ3v) is 4.33. The molecule has 2 N–H and O–H groups in total. The van der Waals surface area contributed by atoms with Gasteiger partial charge in [-0.3, -0.25) is 8.99 Å². The number of aliphatic hydroxyl groups is 1. The zero-order chi connectivity index (χ0) is 14.0. The Morgan fingerprint density at radius 1 is 1.42 bits per heavy atom. The van der Waals surface area contributed by atoms with Crippen molar-refractivity contribution in [2.24, 2.45) is 0 Å². The summed E-state index contributed by atoms with van der Waals surface area (Å²) in [5.74, 6) is 0.366. The Kier molecular flexibility index (Phi) is 4.18. The highest BCUT2D eigenvalue weighted by atomic mass is 35.5. The van der Waals surface area contributed by atoms with Gasteiger partial charge in [-0.05, 0) is 30.7 Å². The van der Waals surface area contributed by atoms with Crippen LogP contribution in [0.5, 0.6) is 0 Å². The van der Waals surface area contributed by atoms with Crippen molar-refractivity contribution in [3.05, 3.63) is 35.0 Å². The van der Waals surface area contributed by atoms with Crippen molar-refractivity contribution in [1.29, 1.82) is 4.78 Å². The summed E-state index contributed by atoms with van der Waals surface area (Å²) in [6, 6.07) is 7.50. The third-order valence-electron chi connectivity index (χ3n) is 3.03. The van der Waals surface area contributed by atoms with Gasteiger partial charge in [0, 0.05) is 49.9 Å². The zero-order valence-corrected chi connectivity index (χ0v) is 12.3. The fourth-order valence-corrected chi connectivity index (χ4v) is 3.05. The van der Waals surface area contributed by atoms with Gasteiger partial charge in [0.25, 0.3) is 0 Å². The molecule has 0 amide bonds. The summed E-state index contributed by atoms with van der Waals surface area (Å²) >= 11 is 5.95. The van der Waals surface area contributed by atoms with E-state index in [1.807, 2.05) is 28.8 Å². The summed E-state index contributed by atoms with van der Waals surface area (Å²) < 4.78 is 20.8. The van der Waals surface area contributed by atoms with Crippen molar-refractivity contribution in [3.63, 3.8) is 0 Å². The third kappa shape index (κ3) is 3.49. The molecule has 1 atom stereocenters. The Morgan fingerprint density at radius 3 is 2.79 bits per heavy atom. The SMILES string of the molecule is C[S@@](=N)(=O)CCCn1c(CO)cc2cc(Cl)ccc21. The lowest BCUT2D eigenvalue weighted by molar-refractivity contribution is 0.271. The van der Waals surface area contributed by atoms with E-state index in [9.17, 15) is 9.32 Å². The van der Waals surface area contributed by atoms with Gasteiger partial charge >= 0.3 is 0 Å². The molecule has 0 saturated carbocycles. The summed E-state index contributed by atoms with van der Waals surface area (Å²) in [5, 5.41) is 11.1. The molecule has 6 heteroatoms. The van der Waals surface area contributed by atoms with Gasteiger partial charge in [0.2, 0.25) is 0 Å². The van der Waals surface area contributed by atoms with Crippen LogP contribution in [0.2, 0.25) is 5.02 Å².